The lowest BCUT2D eigenvalue weighted by Gasteiger charge is -1.99. The first-order valence-electron chi connectivity index (χ1n) is 3.86. The summed E-state index contributed by atoms with van der Waals surface area (Å²) in [5.74, 6) is -1.06. The molecule has 1 N–H and O–H groups in total. The van der Waals surface area contributed by atoms with Crippen LogP contribution in [0.1, 0.15) is 10.5 Å². The summed E-state index contributed by atoms with van der Waals surface area (Å²) < 4.78 is 0. The van der Waals surface area contributed by atoms with E-state index in [0.29, 0.717) is 5.69 Å². The molecular weight excluding hydrogens is 200 g/mol. The molecule has 2 aromatic heterocycles. The minimum Gasteiger partial charge on any atom is -0.476 e. The highest BCUT2D eigenvalue weighted by Crippen LogP contribution is 2.21. The van der Waals surface area contributed by atoms with Crippen molar-refractivity contribution < 1.29 is 9.90 Å². The van der Waals surface area contributed by atoms with Crippen LogP contribution in [0.15, 0.2) is 29.2 Å². The van der Waals surface area contributed by atoms with Gasteiger partial charge in [-0.15, -0.1) is 0 Å². The maximum atomic E-state index is 10.8. The van der Waals surface area contributed by atoms with Crippen LogP contribution in [-0.2, 0) is 0 Å². The Kier molecular flexibility index (Phi) is 2.24. The number of thiophene rings is 1. The molecule has 0 bridgehead atoms. The van der Waals surface area contributed by atoms with Crippen LogP contribution in [0.25, 0.3) is 11.3 Å². The Labute approximate surface area is 83.9 Å². The van der Waals surface area contributed by atoms with Gasteiger partial charge >= 0.3 is 5.97 Å². The Bertz CT molecular complexity index is 454. The molecule has 0 unspecified atom stereocenters. The molecule has 2 rings (SSSR count). The molecule has 5 heteroatoms. The fourth-order valence-corrected chi connectivity index (χ4v) is 1.75. The molecule has 0 aliphatic rings. The Morgan fingerprint density at radius 2 is 2.14 bits per heavy atom. The Hall–Kier alpha value is -1.75. The monoisotopic (exact) mass is 206 g/mol. The number of nitrogens with zero attached hydrogens (tertiary/aromatic N) is 2. The first kappa shape index (κ1) is 8.83. The van der Waals surface area contributed by atoms with Crippen LogP contribution in [0.3, 0.4) is 0 Å². The summed E-state index contributed by atoms with van der Waals surface area (Å²) in [6.07, 6.45) is 2.86. The van der Waals surface area contributed by atoms with Gasteiger partial charge in [0.2, 0.25) is 0 Å². The SMILES string of the molecule is O=C(O)c1nccnc1-c1ccsc1. The molecule has 2 aromatic rings. The van der Waals surface area contributed by atoms with Crippen molar-refractivity contribution in [3.05, 3.63) is 34.9 Å². The molecule has 0 radical (unpaired) electrons. The van der Waals surface area contributed by atoms with E-state index in [2.05, 4.69) is 9.97 Å². The van der Waals surface area contributed by atoms with Gasteiger partial charge in [-0.1, -0.05) is 0 Å². The zero-order valence-electron chi connectivity index (χ0n) is 7.04. The molecule has 0 aromatic carbocycles. The number of carboxylic acid groups (broad SMARTS) is 1. The van der Waals surface area contributed by atoms with Gasteiger partial charge in [-0.3, -0.25) is 4.98 Å². The smallest absolute Gasteiger partial charge is 0.356 e. The van der Waals surface area contributed by atoms with E-state index >= 15 is 0 Å². The van der Waals surface area contributed by atoms with Gasteiger partial charge in [0.1, 0.15) is 5.69 Å². The van der Waals surface area contributed by atoms with Crippen molar-refractivity contribution in [3.8, 4) is 11.3 Å². The van der Waals surface area contributed by atoms with Crippen molar-refractivity contribution in [1.29, 1.82) is 0 Å². The van der Waals surface area contributed by atoms with Gasteiger partial charge in [0, 0.05) is 23.3 Å². The molecule has 0 aliphatic carbocycles. The third-order valence-electron chi connectivity index (χ3n) is 1.70. The minimum absolute atomic E-state index is 0.00843. The number of carbonyl (C=O) groups is 1. The summed E-state index contributed by atoms with van der Waals surface area (Å²) in [5.41, 5.74) is 1.20. The van der Waals surface area contributed by atoms with Crippen LogP contribution in [0.2, 0.25) is 0 Å². The molecule has 4 nitrogen and oxygen atoms in total. The molecule has 14 heavy (non-hydrogen) atoms. The highest BCUT2D eigenvalue weighted by atomic mass is 32.1. The van der Waals surface area contributed by atoms with Crippen LogP contribution in [0.4, 0.5) is 0 Å². The van der Waals surface area contributed by atoms with E-state index in [-0.39, 0.29) is 5.69 Å². The third-order valence-corrected chi connectivity index (χ3v) is 2.38. The summed E-state index contributed by atoms with van der Waals surface area (Å²) in [5, 5.41) is 12.6. The van der Waals surface area contributed by atoms with E-state index < -0.39 is 5.97 Å². The number of hydrogen-bond donors (Lipinski definition) is 1. The number of hydrogen-bond acceptors (Lipinski definition) is 4. The zero-order chi connectivity index (χ0) is 9.97. The van der Waals surface area contributed by atoms with E-state index in [1.165, 1.54) is 23.7 Å². The maximum absolute atomic E-state index is 10.8. The van der Waals surface area contributed by atoms with Gasteiger partial charge in [-0.05, 0) is 11.4 Å². The fraction of sp³-hybridized carbons (Fsp3) is 0. The lowest BCUT2D eigenvalue weighted by atomic mass is 10.2. The second-order valence-corrected chi connectivity index (χ2v) is 3.35. The normalized spacial score (nSPS) is 10.0. The third kappa shape index (κ3) is 1.49. The zero-order valence-corrected chi connectivity index (χ0v) is 7.86. The molecule has 0 fully saturated rings. The summed E-state index contributed by atoms with van der Waals surface area (Å²) in [6.45, 7) is 0. The molecule has 70 valence electrons. The Morgan fingerprint density at radius 3 is 2.79 bits per heavy atom. The van der Waals surface area contributed by atoms with Crippen LogP contribution < -0.4 is 0 Å². The Morgan fingerprint density at radius 1 is 1.36 bits per heavy atom. The number of rotatable bonds is 2. The molecule has 2 heterocycles. The average Bonchev–Trinajstić information content (AvgIpc) is 2.70. The van der Waals surface area contributed by atoms with Crippen molar-refractivity contribution in [2.45, 2.75) is 0 Å². The largest absolute Gasteiger partial charge is 0.476 e. The lowest BCUT2D eigenvalue weighted by molar-refractivity contribution is 0.0691. The standard InChI is InChI=1S/C9H6N2O2S/c12-9(13)8-7(10-2-3-11-8)6-1-4-14-5-6/h1-5H,(H,12,13). The number of aromatic nitrogens is 2. The van der Waals surface area contributed by atoms with Crippen LogP contribution in [0.5, 0.6) is 0 Å². The summed E-state index contributed by atoms with van der Waals surface area (Å²) in [4.78, 5) is 18.6. The first-order chi connectivity index (χ1) is 6.79. The van der Waals surface area contributed by atoms with E-state index in [0.717, 1.165) is 5.56 Å². The molecule has 0 atom stereocenters. The predicted molar refractivity (Wildman–Crippen MR) is 52.3 cm³/mol. The van der Waals surface area contributed by atoms with Crippen molar-refractivity contribution in [2.24, 2.45) is 0 Å². The summed E-state index contributed by atoms with van der Waals surface area (Å²) in [6, 6.07) is 1.82. The summed E-state index contributed by atoms with van der Waals surface area (Å²) >= 11 is 1.49. The van der Waals surface area contributed by atoms with Gasteiger partial charge in [0.15, 0.2) is 5.69 Å². The predicted octanol–water partition coefficient (Wildman–Crippen LogP) is 1.90. The molecular formula is C9H6N2O2S. The number of carboxylic acids is 1. The van der Waals surface area contributed by atoms with Gasteiger partial charge < -0.3 is 5.11 Å². The van der Waals surface area contributed by atoms with Crippen LogP contribution >= 0.6 is 11.3 Å². The van der Waals surface area contributed by atoms with Crippen molar-refractivity contribution in [1.82, 2.24) is 9.97 Å². The first-order valence-corrected chi connectivity index (χ1v) is 4.80. The molecule has 0 aliphatic heterocycles. The second kappa shape index (κ2) is 3.55. The quantitative estimate of drug-likeness (QED) is 0.815. The van der Waals surface area contributed by atoms with Gasteiger partial charge in [0.05, 0.1) is 0 Å². The van der Waals surface area contributed by atoms with Crippen LogP contribution in [0, 0.1) is 0 Å². The average molecular weight is 206 g/mol. The van der Waals surface area contributed by atoms with E-state index in [1.807, 2.05) is 16.8 Å². The second-order valence-electron chi connectivity index (χ2n) is 2.57. The van der Waals surface area contributed by atoms with Gasteiger partial charge in [-0.25, -0.2) is 9.78 Å². The van der Waals surface area contributed by atoms with Crippen molar-refractivity contribution in [3.63, 3.8) is 0 Å². The molecule has 0 amide bonds. The summed E-state index contributed by atoms with van der Waals surface area (Å²) in [7, 11) is 0. The molecule has 0 spiro atoms. The highest BCUT2D eigenvalue weighted by molar-refractivity contribution is 7.08. The maximum Gasteiger partial charge on any atom is 0.356 e. The minimum atomic E-state index is -1.06. The van der Waals surface area contributed by atoms with E-state index in [9.17, 15) is 4.79 Å². The van der Waals surface area contributed by atoms with Gasteiger partial charge in [-0.2, -0.15) is 11.3 Å². The molecule has 0 saturated heterocycles. The number of aromatic carboxylic acids is 1. The highest BCUT2D eigenvalue weighted by Gasteiger charge is 2.13. The van der Waals surface area contributed by atoms with Crippen molar-refractivity contribution >= 4 is 17.3 Å². The molecule has 0 saturated carbocycles. The van der Waals surface area contributed by atoms with E-state index in [4.69, 9.17) is 5.11 Å². The van der Waals surface area contributed by atoms with E-state index in [1.54, 1.807) is 0 Å². The topological polar surface area (TPSA) is 63.1 Å². The Balaban J connectivity index is 2.58. The van der Waals surface area contributed by atoms with Crippen molar-refractivity contribution in [2.75, 3.05) is 0 Å². The fourth-order valence-electron chi connectivity index (χ4n) is 1.10. The lowest BCUT2D eigenvalue weighted by Crippen LogP contribution is -2.03. The van der Waals surface area contributed by atoms with Gasteiger partial charge in [0.25, 0.3) is 0 Å². The van der Waals surface area contributed by atoms with Crippen LogP contribution in [-0.4, -0.2) is 21.0 Å².